The minimum absolute atomic E-state index is 0.449. The summed E-state index contributed by atoms with van der Waals surface area (Å²) in [5.74, 6) is 0. The van der Waals surface area contributed by atoms with Crippen LogP contribution in [0.15, 0.2) is 11.4 Å². The molecule has 1 heterocycles. The third-order valence-corrected chi connectivity index (χ3v) is 6.87. The van der Waals surface area contributed by atoms with Gasteiger partial charge in [-0.15, -0.1) is 11.3 Å². The molecule has 1 unspecified atom stereocenters. The fraction of sp³-hybridized carbons (Fsp3) is 0.667. The minimum Gasteiger partial charge on any atom is -0.146 e. The monoisotopic (exact) mass is 306 g/mol. The summed E-state index contributed by atoms with van der Waals surface area (Å²) in [4.78, 5) is 1.77. The number of alkyl halides is 1. The molecule has 0 amide bonds. The zero-order chi connectivity index (χ0) is 10.9. The smallest absolute Gasteiger partial charge is 0.0560 e. The third-order valence-electron chi connectivity index (χ3n) is 3.72. The Hall–Kier alpha value is 0.470. The largest absolute Gasteiger partial charge is 0.146 e. The Bertz CT molecular complexity index is 328. The van der Waals surface area contributed by atoms with Gasteiger partial charge in [0.2, 0.25) is 0 Å². The molecule has 0 nitrogen and oxygen atoms in total. The van der Waals surface area contributed by atoms with Gasteiger partial charge in [0.15, 0.2) is 0 Å². The molecule has 1 atom stereocenters. The van der Waals surface area contributed by atoms with Gasteiger partial charge in [-0.3, -0.25) is 0 Å². The van der Waals surface area contributed by atoms with Crippen LogP contribution in [-0.2, 0) is 0 Å². The molecule has 1 fully saturated rings. The van der Waals surface area contributed by atoms with Crippen LogP contribution in [0.2, 0.25) is 5.02 Å². The van der Waals surface area contributed by atoms with Crippen molar-refractivity contribution < 1.29 is 0 Å². The minimum atomic E-state index is 0.449. The number of rotatable bonds is 3. The van der Waals surface area contributed by atoms with Gasteiger partial charge in [0.1, 0.15) is 0 Å². The second-order valence-electron chi connectivity index (χ2n) is 4.42. The molecule has 0 bridgehead atoms. The predicted octanol–water partition coefficient (Wildman–Crippen LogP) is 5.81. The van der Waals surface area contributed by atoms with E-state index in [1.54, 1.807) is 11.3 Å². The third kappa shape index (κ3) is 2.13. The number of halogens is 2. The average Bonchev–Trinajstić information content (AvgIpc) is 2.86. The Morgan fingerprint density at radius 1 is 1.53 bits per heavy atom. The molecule has 1 aromatic rings. The van der Waals surface area contributed by atoms with Crippen molar-refractivity contribution in [3.8, 4) is 0 Å². The van der Waals surface area contributed by atoms with E-state index < -0.39 is 0 Å². The number of thiophene rings is 1. The average molecular weight is 308 g/mol. The summed E-state index contributed by atoms with van der Waals surface area (Å²) in [6.45, 7) is 2.31. The van der Waals surface area contributed by atoms with Crippen LogP contribution in [0.3, 0.4) is 0 Å². The predicted molar refractivity (Wildman–Crippen MR) is 72.2 cm³/mol. The van der Waals surface area contributed by atoms with Crippen molar-refractivity contribution in [3.05, 3.63) is 21.3 Å². The summed E-state index contributed by atoms with van der Waals surface area (Å²) < 4.78 is 0. The Balaban J connectivity index is 2.26. The summed E-state index contributed by atoms with van der Waals surface area (Å²) in [5, 5.41) is 3.02. The first-order valence-electron chi connectivity index (χ1n) is 5.56. The van der Waals surface area contributed by atoms with Crippen molar-refractivity contribution in [2.24, 2.45) is 5.41 Å². The topological polar surface area (TPSA) is 0 Å². The number of hydrogen-bond acceptors (Lipinski definition) is 1. The molecule has 3 heteroatoms. The van der Waals surface area contributed by atoms with Gasteiger partial charge in [-0.2, -0.15) is 0 Å². The van der Waals surface area contributed by atoms with Crippen LogP contribution in [0.25, 0.3) is 0 Å². The van der Waals surface area contributed by atoms with Gasteiger partial charge in [-0.1, -0.05) is 47.3 Å². The van der Waals surface area contributed by atoms with Gasteiger partial charge in [-0.05, 0) is 36.1 Å². The Kier molecular flexibility index (Phi) is 3.79. The zero-order valence-electron chi connectivity index (χ0n) is 8.93. The highest BCUT2D eigenvalue weighted by Crippen LogP contribution is 2.56. The molecule has 0 N–H and O–H groups in total. The highest BCUT2D eigenvalue weighted by atomic mass is 79.9. The first kappa shape index (κ1) is 11.9. The standard InChI is InChI=1S/C12H16BrClS/c1-2-12(6-3-4-7-12)11(13)10-9(14)5-8-15-10/h5,8,11H,2-4,6-7H2,1H3. The molecule has 0 saturated heterocycles. The summed E-state index contributed by atoms with van der Waals surface area (Å²) in [6.07, 6.45) is 6.68. The van der Waals surface area contributed by atoms with Crippen molar-refractivity contribution in [1.82, 2.24) is 0 Å². The van der Waals surface area contributed by atoms with Gasteiger partial charge >= 0.3 is 0 Å². The van der Waals surface area contributed by atoms with Crippen molar-refractivity contribution >= 4 is 38.9 Å². The fourth-order valence-electron chi connectivity index (χ4n) is 2.63. The molecule has 84 valence electrons. The molecule has 1 aliphatic carbocycles. The van der Waals surface area contributed by atoms with E-state index in [-0.39, 0.29) is 0 Å². The molecule has 1 aromatic heterocycles. The van der Waals surface area contributed by atoms with Gasteiger partial charge < -0.3 is 0 Å². The SMILES string of the molecule is CCC1(C(Br)c2sccc2Cl)CCCC1. The Labute approximate surface area is 109 Å². The van der Waals surface area contributed by atoms with Crippen molar-refractivity contribution in [3.63, 3.8) is 0 Å². The molecule has 1 saturated carbocycles. The van der Waals surface area contributed by atoms with E-state index in [4.69, 9.17) is 11.6 Å². The van der Waals surface area contributed by atoms with Crippen molar-refractivity contribution in [1.29, 1.82) is 0 Å². The van der Waals surface area contributed by atoms with Crippen LogP contribution in [0.4, 0.5) is 0 Å². The Morgan fingerprint density at radius 3 is 2.67 bits per heavy atom. The summed E-state index contributed by atoms with van der Waals surface area (Å²) >= 11 is 11.9. The molecule has 0 spiro atoms. The van der Waals surface area contributed by atoms with Crippen LogP contribution >= 0.6 is 38.9 Å². The van der Waals surface area contributed by atoms with Crippen LogP contribution < -0.4 is 0 Å². The normalized spacial score (nSPS) is 21.8. The van der Waals surface area contributed by atoms with Crippen LogP contribution in [0.5, 0.6) is 0 Å². The maximum atomic E-state index is 6.21. The fourth-order valence-corrected chi connectivity index (χ4v) is 5.39. The lowest BCUT2D eigenvalue weighted by atomic mass is 9.79. The molecular formula is C12H16BrClS. The number of hydrogen-bond donors (Lipinski definition) is 0. The molecule has 15 heavy (non-hydrogen) atoms. The quantitative estimate of drug-likeness (QED) is 0.618. The van der Waals surface area contributed by atoms with E-state index in [0.717, 1.165) is 5.02 Å². The highest BCUT2D eigenvalue weighted by Gasteiger charge is 2.40. The van der Waals surface area contributed by atoms with Crippen LogP contribution in [0, 0.1) is 5.41 Å². The van der Waals surface area contributed by atoms with Gasteiger partial charge in [0.05, 0.1) is 9.85 Å². The first-order chi connectivity index (χ1) is 7.19. The molecule has 0 radical (unpaired) electrons. The van der Waals surface area contributed by atoms with Gasteiger partial charge in [0, 0.05) is 4.88 Å². The zero-order valence-corrected chi connectivity index (χ0v) is 12.1. The van der Waals surface area contributed by atoms with Crippen LogP contribution in [0.1, 0.15) is 48.7 Å². The first-order valence-corrected chi connectivity index (χ1v) is 7.74. The van der Waals surface area contributed by atoms with E-state index in [1.165, 1.54) is 37.0 Å². The summed E-state index contributed by atoms with van der Waals surface area (Å²) in [7, 11) is 0. The van der Waals surface area contributed by atoms with E-state index >= 15 is 0 Å². The lowest BCUT2D eigenvalue weighted by molar-refractivity contribution is 0.281. The highest BCUT2D eigenvalue weighted by molar-refractivity contribution is 9.09. The van der Waals surface area contributed by atoms with Gasteiger partial charge in [-0.25, -0.2) is 0 Å². The van der Waals surface area contributed by atoms with E-state index in [2.05, 4.69) is 28.2 Å². The van der Waals surface area contributed by atoms with Crippen molar-refractivity contribution in [2.45, 2.75) is 43.9 Å². The molecule has 0 aromatic carbocycles. The second-order valence-corrected chi connectivity index (χ2v) is 6.69. The Morgan fingerprint density at radius 2 is 2.20 bits per heavy atom. The van der Waals surface area contributed by atoms with E-state index in [9.17, 15) is 0 Å². The van der Waals surface area contributed by atoms with E-state index in [1.807, 2.05) is 6.07 Å². The molecule has 2 rings (SSSR count). The van der Waals surface area contributed by atoms with Gasteiger partial charge in [0.25, 0.3) is 0 Å². The van der Waals surface area contributed by atoms with Crippen LogP contribution in [-0.4, -0.2) is 0 Å². The molecule has 1 aliphatic rings. The maximum absolute atomic E-state index is 6.21. The second kappa shape index (κ2) is 4.77. The lowest BCUT2D eigenvalue weighted by Gasteiger charge is -2.32. The summed E-state index contributed by atoms with van der Waals surface area (Å²) in [6, 6.07) is 2.01. The molecule has 0 aliphatic heterocycles. The molecular weight excluding hydrogens is 292 g/mol. The maximum Gasteiger partial charge on any atom is 0.0560 e. The summed E-state index contributed by atoms with van der Waals surface area (Å²) in [5.41, 5.74) is 0.453. The lowest BCUT2D eigenvalue weighted by Crippen LogP contribution is -2.20. The van der Waals surface area contributed by atoms with E-state index in [0.29, 0.717) is 10.2 Å². The van der Waals surface area contributed by atoms with Crippen molar-refractivity contribution in [2.75, 3.05) is 0 Å².